The summed E-state index contributed by atoms with van der Waals surface area (Å²) in [6, 6.07) is 12.8. The van der Waals surface area contributed by atoms with Crippen LogP contribution in [-0.2, 0) is 16.1 Å². The highest BCUT2D eigenvalue weighted by Gasteiger charge is 2.26. The summed E-state index contributed by atoms with van der Waals surface area (Å²) in [5.41, 5.74) is 1.07. The molecule has 0 aliphatic heterocycles. The van der Waals surface area contributed by atoms with E-state index in [0.717, 1.165) is 5.56 Å². The van der Waals surface area contributed by atoms with Crippen molar-refractivity contribution in [3.63, 3.8) is 0 Å². The maximum absolute atomic E-state index is 14.0. The lowest BCUT2D eigenvalue weighted by atomic mass is 10.1. The highest BCUT2D eigenvalue weighted by Crippen LogP contribution is 2.27. The number of rotatable bonds is 5. The zero-order valence-electron chi connectivity index (χ0n) is 11.5. The first-order valence-electron chi connectivity index (χ1n) is 6.42. The van der Waals surface area contributed by atoms with Crippen LogP contribution >= 0.6 is 11.6 Å². The zero-order chi connectivity index (χ0) is 15.2. The molecule has 0 heterocycles. The van der Waals surface area contributed by atoms with Gasteiger partial charge in [-0.05, 0) is 17.7 Å². The molecule has 0 aromatic heterocycles. The molecule has 2 aromatic rings. The summed E-state index contributed by atoms with van der Waals surface area (Å²) in [6.07, 6.45) is 0. The van der Waals surface area contributed by atoms with Crippen LogP contribution in [-0.4, -0.2) is 13.1 Å². The van der Waals surface area contributed by atoms with Crippen LogP contribution in [0.4, 0.5) is 4.39 Å². The van der Waals surface area contributed by atoms with Crippen LogP contribution < -0.4 is 5.32 Å². The van der Waals surface area contributed by atoms with Gasteiger partial charge in [-0.15, -0.1) is 0 Å². The monoisotopic (exact) mass is 307 g/mol. The van der Waals surface area contributed by atoms with Gasteiger partial charge in [0.15, 0.2) is 0 Å². The molecule has 0 radical (unpaired) electrons. The second kappa shape index (κ2) is 7.20. The number of hydrogen-bond donors (Lipinski definition) is 1. The molecule has 0 amide bonds. The fraction of sp³-hybridized carbons (Fsp3) is 0.188. The Morgan fingerprint density at radius 1 is 1.24 bits per heavy atom. The van der Waals surface area contributed by atoms with Crippen molar-refractivity contribution in [1.82, 2.24) is 5.32 Å². The van der Waals surface area contributed by atoms with Crippen molar-refractivity contribution in [2.45, 2.75) is 12.6 Å². The maximum atomic E-state index is 14.0. The summed E-state index contributed by atoms with van der Waals surface area (Å²) in [4.78, 5) is 11.9. The second-order valence-corrected chi connectivity index (χ2v) is 4.87. The zero-order valence-corrected chi connectivity index (χ0v) is 12.2. The molecule has 5 heteroatoms. The van der Waals surface area contributed by atoms with E-state index in [1.54, 1.807) is 6.07 Å². The lowest BCUT2D eigenvalue weighted by molar-refractivity contribution is -0.143. The Hall–Kier alpha value is -1.91. The number of halogens is 2. The minimum Gasteiger partial charge on any atom is -0.468 e. The number of methoxy groups -OCH3 is 1. The Morgan fingerprint density at radius 2 is 1.95 bits per heavy atom. The third kappa shape index (κ3) is 3.80. The number of carbonyl (C=O) groups excluding carboxylic acids is 1. The van der Waals surface area contributed by atoms with Gasteiger partial charge in [-0.3, -0.25) is 5.32 Å². The van der Waals surface area contributed by atoms with Gasteiger partial charge in [0, 0.05) is 17.1 Å². The summed E-state index contributed by atoms with van der Waals surface area (Å²) in [5, 5.41) is 3.17. The number of nitrogens with one attached hydrogen (secondary N) is 1. The standard InChI is InChI=1S/C16H15ClFNO2/c1-21-16(20)15(14-12(17)8-5-9-13(14)18)19-10-11-6-3-2-4-7-11/h2-9,15,19H,10H2,1H3. The molecule has 1 atom stereocenters. The molecular formula is C16H15ClFNO2. The molecule has 0 bridgehead atoms. The minimum absolute atomic E-state index is 0.0990. The van der Waals surface area contributed by atoms with E-state index >= 15 is 0 Å². The fourth-order valence-corrected chi connectivity index (χ4v) is 2.30. The maximum Gasteiger partial charge on any atom is 0.327 e. The van der Waals surface area contributed by atoms with Crippen LogP contribution in [0.5, 0.6) is 0 Å². The van der Waals surface area contributed by atoms with E-state index in [2.05, 4.69) is 5.32 Å². The topological polar surface area (TPSA) is 38.3 Å². The summed E-state index contributed by atoms with van der Waals surface area (Å²) in [5.74, 6) is -1.13. The highest BCUT2D eigenvalue weighted by molar-refractivity contribution is 6.31. The van der Waals surface area contributed by atoms with Gasteiger partial charge in [-0.1, -0.05) is 48.0 Å². The molecule has 110 valence electrons. The lowest BCUT2D eigenvalue weighted by Crippen LogP contribution is -2.30. The lowest BCUT2D eigenvalue weighted by Gasteiger charge is -2.18. The molecule has 0 fully saturated rings. The van der Waals surface area contributed by atoms with E-state index in [-0.39, 0.29) is 10.6 Å². The first-order chi connectivity index (χ1) is 10.1. The van der Waals surface area contributed by atoms with Crippen molar-refractivity contribution in [1.29, 1.82) is 0 Å². The summed E-state index contributed by atoms with van der Waals surface area (Å²) >= 11 is 6.02. The molecule has 1 unspecified atom stereocenters. The van der Waals surface area contributed by atoms with E-state index in [4.69, 9.17) is 16.3 Å². The SMILES string of the molecule is COC(=O)C(NCc1ccccc1)c1c(F)cccc1Cl. The Bertz CT molecular complexity index is 599. The number of hydrogen-bond acceptors (Lipinski definition) is 3. The quantitative estimate of drug-likeness (QED) is 0.859. The smallest absolute Gasteiger partial charge is 0.327 e. The van der Waals surface area contributed by atoms with E-state index in [9.17, 15) is 9.18 Å². The van der Waals surface area contributed by atoms with Crippen molar-refractivity contribution < 1.29 is 13.9 Å². The van der Waals surface area contributed by atoms with Crippen LogP contribution in [0.1, 0.15) is 17.2 Å². The van der Waals surface area contributed by atoms with Gasteiger partial charge in [0.25, 0.3) is 0 Å². The average Bonchev–Trinajstić information content (AvgIpc) is 2.50. The second-order valence-electron chi connectivity index (χ2n) is 4.46. The molecule has 2 aromatic carbocycles. The van der Waals surface area contributed by atoms with E-state index in [1.807, 2.05) is 30.3 Å². The van der Waals surface area contributed by atoms with Crippen molar-refractivity contribution in [2.24, 2.45) is 0 Å². The minimum atomic E-state index is -0.955. The highest BCUT2D eigenvalue weighted by atomic mass is 35.5. The van der Waals surface area contributed by atoms with Crippen molar-refractivity contribution in [3.05, 3.63) is 70.5 Å². The fourth-order valence-electron chi connectivity index (χ4n) is 2.02. The molecule has 0 saturated heterocycles. The van der Waals surface area contributed by atoms with Gasteiger partial charge in [0.1, 0.15) is 11.9 Å². The van der Waals surface area contributed by atoms with Crippen molar-refractivity contribution in [3.8, 4) is 0 Å². The third-order valence-corrected chi connectivity index (χ3v) is 3.41. The molecule has 0 aliphatic rings. The van der Waals surface area contributed by atoms with Crippen LogP contribution in [0, 0.1) is 5.82 Å². The van der Waals surface area contributed by atoms with Gasteiger partial charge < -0.3 is 4.74 Å². The molecule has 21 heavy (non-hydrogen) atoms. The number of esters is 1. The molecule has 0 aliphatic carbocycles. The normalized spacial score (nSPS) is 12.0. The Balaban J connectivity index is 2.25. The molecule has 0 saturated carbocycles. The van der Waals surface area contributed by atoms with Crippen molar-refractivity contribution >= 4 is 17.6 Å². The summed E-state index contributed by atoms with van der Waals surface area (Å²) in [6.45, 7) is 0.394. The Kier molecular flexibility index (Phi) is 5.31. The number of carbonyl (C=O) groups is 1. The predicted molar refractivity (Wildman–Crippen MR) is 79.4 cm³/mol. The van der Waals surface area contributed by atoms with Crippen LogP contribution in [0.2, 0.25) is 5.02 Å². The Morgan fingerprint density at radius 3 is 2.57 bits per heavy atom. The Labute approximate surface area is 127 Å². The van der Waals surface area contributed by atoms with E-state index in [0.29, 0.717) is 6.54 Å². The molecule has 0 spiro atoms. The van der Waals surface area contributed by atoms with Gasteiger partial charge in [-0.25, -0.2) is 9.18 Å². The van der Waals surface area contributed by atoms with Crippen LogP contribution in [0.3, 0.4) is 0 Å². The third-order valence-electron chi connectivity index (χ3n) is 3.08. The number of benzene rings is 2. The van der Waals surface area contributed by atoms with Crippen LogP contribution in [0.25, 0.3) is 0 Å². The first-order valence-corrected chi connectivity index (χ1v) is 6.80. The van der Waals surface area contributed by atoms with Crippen LogP contribution in [0.15, 0.2) is 48.5 Å². The largest absolute Gasteiger partial charge is 0.468 e. The molecular weight excluding hydrogens is 293 g/mol. The van der Waals surface area contributed by atoms with E-state index < -0.39 is 17.8 Å². The van der Waals surface area contributed by atoms with Gasteiger partial charge >= 0.3 is 5.97 Å². The molecule has 2 rings (SSSR count). The van der Waals surface area contributed by atoms with Gasteiger partial charge in [-0.2, -0.15) is 0 Å². The summed E-state index contributed by atoms with van der Waals surface area (Å²) < 4.78 is 18.7. The summed E-state index contributed by atoms with van der Waals surface area (Å²) in [7, 11) is 1.26. The van der Waals surface area contributed by atoms with E-state index in [1.165, 1.54) is 19.2 Å². The first kappa shape index (κ1) is 15.5. The van der Waals surface area contributed by atoms with Crippen molar-refractivity contribution in [2.75, 3.05) is 7.11 Å². The molecule has 1 N–H and O–H groups in total. The molecule has 3 nitrogen and oxygen atoms in total. The number of ether oxygens (including phenoxy) is 1. The van der Waals surface area contributed by atoms with Gasteiger partial charge in [0.05, 0.1) is 7.11 Å². The average molecular weight is 308 g/mol. The predicted octanol–water partition coefficient (Wildman–Crippen LogP) is 3.48. The van der Waals surface area contributed by atoms with Gasteiger partial charge in [0.2, 0.25) is 0 Å².